The smallest absolute Gasteiger partial charge is 0.320 e. The third-order valence-corrected chi connectivity index (χ3v) is 2.24. The summed E-state index contributed by atoms with van der Waals surface area (Å²) in [6.45, 7) is 5.07. The van der Waals surface area contributed by atoms with Gasteiger partial charge in [0.2, 0.25) is 0 Å². The topological polar surface area (TPSA) is 89.3 Å². The first-order valence-electron chi connectivity index (χ1n) is 6.28. The largest absolute Gasteiger partial charge is 0.480 e. The van der Waals surface area contributed by atoms with Crippen LogP contribution in [0.15, 0.2) is 0 Å². The van der Waals surface area contributed by atoms with Gasteiger partial charge in [-0.25, -0.2) is 0 Å². The molecule has 0 amide bonds. The molecule has 0 aromatic carbocycles. The zero-order chi connectivity index (χ0) is 12.8. The number of carboxylic acids is 1. The van der Waals surface area contributed by atoms with Crippen LogP contribution >= 0.6 is 0 Å². The highest BCUT2D eigenvalue weighted by atomic mass is 16.4. The lowest BCUT2D eigenvalue weighted by Gasteiger charge is -2.03. The maximum Gasteiger partial charge on any atom is 0.320 e. The number of nitrogens with two attached hydrogens (primary N) is 2. The van der Waals surface area contributed by atoms with Gasteiger partial charge in [-0.15, -0.1) is 0 Å². The number of rotatable bonds is 8. The molecule has 0 saturated carbocycles. The molecule has 4 nitrogen and oxygen atoms in total. The average molecular weight is 232 g/mol. The fourth-order valence-electron chi connectivity index (χ4n) is 1.13. The molecule has 0 aliphatic carbocycles. The van der Waals surface area contributed by atoms with Crippen LogP contribution in [0.5, 0.6) is 0 Å². The SMILES string of the molecule is CCCCCC.NCCCCC(N)C(=O)O. The van der Waals surface area contributed by atoms with Crippen molar-refractivity contribution in [1.29, 1.82) is 0 Å². The lowest BCUT2D eigenvalue weighted by atomic mass is 10.1. The second kappa shape index (κ2) is 14.4. The quantitative estimate of drug-likeness (QED) is 0.559. The zero-order valence-corrected chi connectivity index (χ0v) is 10.7. The predicted molar refractivity (Wildman–Crippen MR) is 68.3 cm³/mol. The standard InChI is InChI=1S/C6H14N2O2.C6H14/c7-4-2-1-3-5(8)6(9)10;1-3-5-6-4-2/h5H,1-4,7-8H2,(H,9,10);3-6H2,1-2H3. The van der Waals surface area contributed by atoms with Gasteiger partial charge in [0.25, 0.3) is 0 Å². The second-order valence-corrected chi connectivity index (χ2v) is 3.94. The summed E-state index contributed by atoms with van der Waals surface area (Å²) >= 11 is 0. The Morgan fingerprint density at radius 1 is 1.12 bits per heavy atom. The van der Waals surface area contributed by atoms with Gasteiger partial charge in [-0.1, -0.05) is 46.0 Å². The Labute approximate surface area is 99.4 Å². The van der Waals surface area contributed by atoms with Crippen LogP contribution in [0.4, 0.5) is 0 Å². The highest BCUT2D eigenvalue weighted by molar-refractivity contribution is 5.72. The molecule has 16 heavy (non-hydrogen) atoms. The summed E-state index contributed by atoms with van der Waals surface area (Å²) in [5, 5.41) is 8.33. The predicted octanol–water partition coefficient (Wildman–Crippen LogP) is 2.11. The lowest BCUT2D eigenvalue weighted by molar-refractivity contribution is -0.138. The van der Waals surface area contributed by atoms with Gasteiger partial charge in [0.05, 0.1) is 0 Å². The molecule has 0 radical (unpaired) electrons. The Morgan fingerprint density at radius 3 is 1.94 bits per heavy atom. The van der Waals surface area contributed by atoms with Crippen LogP contribution in [0.2, 0.25) is 0 Å². The third-order valence-electron chi connectivity index (χ3n) is 2.24. The van der Waals surface area contributed by atoms with E-state index in [1.807, 2.05) is 0 Å². The summed E-state index contributed by atoms with van der Waals surface area (Å²) in [7, 11) is 0. The normalized spacial score (nSPS) is 11.5. The highest BCUT2D eigenvalue weighted by Gasteiger charge is 2.09. The summed E-state index contributed by atoms with van der Waals surface area (Å²) in [6.07, 6.45) is 7.70. The van der Waals surface area contributed by atoms with E-state index in [0.29, 0.717) is 13.0 Å². The van der Waals surface area contributed by atoms with E-state index in [-0.39, 0.29) is 0 Å². The first-order chi connectivity index (χ1) is 7.59. The van der Waals surface area contributed by atoms with Crippen molar-refractivity contribution in [2.75, 3.05) is 6.54 Å². The van der Waals surface area contributed by atoms with Crippen molar-refractivity contribution in [2.24, 2.45) is 11.5 Å². The van der Waals surface area contributed by atoms with Crippen LogP contribution in [0.1, 0.15) is 58.8 Å². The molecule has 0 fully saturated rings. The van der Waals surface area contributed by atoms with E-state index in [1.54, 1.807) is 0 Å². The first kappa shape index (κ1) is 17.8. The van der Waals surface area contributed by atoms with Gasteiger partial charge in [0.15, 0.2) is 0 Å². The Bertz CT molecular complexity index is 148. The third kappa shape index (κ3) is 15.8. The van der Waals surface area contributed by atoms with Crippen molar-refractivity contribution >= 4 is 5.97 Å². The Kier molecular flexibility index (Phi) is 16.0. The summed E-state index contributed by atoms with van der Waals surface area (Å²) in [6, 6.07) is -0.716. The number of hydrogen-bond donors (Lipinski definition) is 3. The summed E-state index contributed by atoms with van der Waals surface area (Å²) in [4.78, 5) is 10.1. The van der Waals surface area contributed by atoms with Gasteiger partial charge >= 0.3 is 5.97 Å². The average Bonchev–Trinajstić information content (AvgIpc) is 2.27. The minimum Gasteiger partial charge on any atom is -0.480 e. The molecule has 0 aromatic rings. The molecule has 0 saturated heterocycles. The van der Waals surface area contributed by atoms with E-state index in [2.05, 4.69) is 13.8 Å². The monoisotopic (exact) mass is 232 g/mol. The van der Waals surface area contributed by atoms with Gasteiger partial charge in [-0.2, -0.15) is 0 Å². The minimum atomic E-state index is -0.933. The molecule has 0 aromatic heterocycles. The molecule has 0 aliphatic rings. The number of carboxylic acid groups (broad SMARTS) is 1. The molecular formula is C12H28N2O2. The van der Waals surface area contributed by atoms with Crippen LogP contribution < -0.4 is 11.5 Å². The second-order valence-electron chi connectivity index (χ2n) is 3.94. The van der Waals surface area contributed by atoms with Gasteiger partial charge < -0.3 is 16.6 Å². The molecular weight excluding hydrogens is 204 g/mol. The van der Waals surface area contributed by atoms with Crippen molar-refractivity contribution in [1.82, 2.24) is 0 Å². The van der Waals surface area contributed by atoms with E-state index >= 15 is 0 Å². The van der Waals surface area contributed by atoms with Crippen LogP contribution in [0.25, 0.3) is 0 Å². The van der Waals surface area contributed by atoms with Gasteiger partial charge in [0.1, 0.15) is 6.04 Å². The Morgan fingerprint density at radius 2 is 1.62 bits per heavy atom. The van der Waals surface area contributed by atoms with Crippen LogP contribution in [-0.4, -0.2) is 23.7 Å². The molecule has 0 spiro atoms. The Hall–Kier alpha value is -0.610. The minimum absolute atomic E-state index is 0.520. The maximum atomic E-state index is 10.1. The molecule has 98 valence electrons. The lowest BCUT2D eigenvalue weighted by Crippen LogP contribution is -2.29. The number of aliphatic carboxylic acids is 1. The van der Waals surface area contributed by atoms with Crippen LogP contribution in [0.3, 0.4) is 0 Å². The van der Waals surface area contributed by atoms with E-state index < -0.39 is 12.0 Å². The van der Waals surface area contributed by atoms with Crippen molar-refractivity contribution in [3.8, 4) is 0 Å². The molecule has 5 N–H and O–H groups in total. The van der Waals surface area contributed by atoms with E-state index in [9.17, 15) is 4.79 Å². The zero-order valence-electron chi connectivity index (χ0n) is 10.7. The highest BCUT2D eigenvalue weighted by Crippen LogP contribution is 1.97. The van der Waals surface area contributed by atoms with E-state index in [1.165, 1.54) is 25.7 Å². The summed E-state index contributed by atoms with van der Waals surface area (Å²) in [5.41, 5.74) is 10.4. The molecule has 0 heterocycles. The van der Waals surface area contributed by atoms with Crippen LogP contribution in [0, 0.1) is 0 Å². The molecule has 0 bridgehead atoms. The van der Waals surface area contributed by atoms with Crippen molar-refractivity contribution < 1.29 is 9.90 Å². The first-order valence-corrected chi connectivity index (χ1v) is 6.28. The maximum absolute atomic E-state index is 10.1. The summed E-state index contributed by atoms with van der Waals surface area (Å²) < 4.78 is 0. The fraction of sp³-hybridized carbons (Fsp3) is 0.917. The molecule has 0 aliphatic heterocycles. The van der Waals surface area contributed by atoms with Gasteiger partial charge in [-0.3, -0.25) is 4.79 Å². The number of carbonyl (C=O) groups is 1. The fourth-order valence-corrected chi connectivity index (χ4v) is 1.13. The molecule has 1 unspecified atom stereocenters. The van der Waals surface area contributed by atoms with Crippen molar-refractivity contribution in [3.05, 3.63) is 0 Å². The number of unbranched alkanes of at least 4 members (excludes halogenated alkanes) is 4. The summed E-state index contributed by atoms with van der Waals surface area (Å²) in [5.74, 6) is -0.933. The van der Waals surface area contributed by atoms with Crippen LogP contribution in [-0.2, 0) is 4.79 Å². The van der Waals surface area contributed by atoms with E-state index in [0.717, 1.165) is 12.8 Å². The Balaban J connectivity index is 0. The van der Waals surface area contributed by atoms with Gasteiger partial charge in [-0.05, 0) is 19.4 Å². The molecule has 1 atom stereocenters. The van der Waals surface area contributed by atoms with Crippen molar-refractivity contribution in [2.45, 2.75) is 64.8 Å². The molecule has 0 rings (SSSR count). The van der Waals surface area contributed by atoms with E-state index in [4.69, 9.17) is 16.6 Å². The number of hydrogen-bond acceptors (Lipinski definition) is 3. The molecule has 4 heteroatoms. The van der Waals surface area contributed by atoms with Crippen molar-refractivity contribution in [3.63, 3.8) is 0 Å². The van der Waals surface area contributed by atoms with Gasteiger partial charge in [0, 0.05) is 0 Å².